The summed E-state index contributed by atoms with van der Waals surface area (Å²) < 4.78 is 0. The summed E-state index contributed by atoms with van der Waals surface area (Å²) in [5.74, 6) is -0.228. The van der Waals surface area contributed by atoms with Crippen LogP contribution in [0.3, 0.4) is 0 Å². The fourth-order valence-corrected chi connectivity index (χ4v) is 2.59. The number of benzene rings is 1. The van der Waals surface area contributed by atoms with Gasteiger partial charge >= 0.3 is 5.97 Å². The summed E-state index contributed by atoms with van der Waals surface area (Å²) in [4.78, 5) is 11.4. The first kappa shape index (κ1) is 13.0. The summed E-state index contributed by atoms with van der Waals surface area (Å²) in [6, 6.07) is 3.55. The summed E-state index contributed by atoms with van der Waals surface area (Å²) in [5.41, 5.74) is 8.58. The third-order valence-corrected chi connectivity index (χ3v) is 3.90. The normalized spacial score (nSPS) is 15.2. The van der Waals surface area contributed by atoms with Gasteiger partial charge < -0.3 is 10.8 Å². The van der Waals surface area contributed by atoms with E-state index in [-0.39, 0.29) is 10.6 Å². The van der Waals surface area contributed by atoms with Gasteiger partial charge in [0.2, 0.25) is 0 Å². The first-order chi connectivity index (χ1) is 8.49. The molecule has 18 heavy (non-hydrogen) atoms. The highest BCUT2D eigenvalue weighted by Gasteiger charge is 2.21. The second kappa shape index (κ2) is 5.06. The Morgan fingerprint density at radius 3 is 2.56 bits per heavy atom. The molecule has 1 fully saturated rings. The number of carboxylic acid groups (broad SMARTS) is 1. The van der Waals surface area contributed by atoms with E-state index in [1.807, 2.05) is 13.0 Å². The standard InChI is InChI=1S/C14H17NO2S/c1-8-5-10(6-9-3-2-4-9)12(13(15)18)7-11(8)14(16)17/h5,7,9H,2-4,6H2,1H3,(H2,15,18)(H,16,17). The average molecular weight is 263 g/mol. The number of thiocarbonyl (C=S) groups is 1. The van der Waals surface area contributed by atoms with Gasteiger partial charge in [-0.3, -0.25) is 0 Å². The summed E-state index contributed by atoms with van der Waals surface area (Å²) >= 11 is 5.03. The summed E-state index contributed by atoms with van der Waals surface area (Å²) in [6.45, 7) is 1.82. The van der Waals surface area contributed by atoms with Gasteiger partial charge in [0.1, 0.15) is 4.99 Å². The molecule has 0 atom stereocenters. The lowest BCUT2D eigenvalue weighted by atomic mass is 9.79. The van der Waals surface area contributed by atoms with Gasteiger partial charge in [-0.15, -0.1) is 0 Å². The number of aromatic carboxylic acids is 1. The van der Waals surface area contributed by atoms with E-state index in [0.717, 1.165) is 23.1 Å². The third-order valence-electron chi connectivity index (χ3n) is 3.68. The highest BCUT2D eigenvalue weighted by molar-refractivity contribution is 7.80. The van der Waals surface area contributed by atoms with Crippen molar-refractivity contribution in [3.05, 3.63) is 34.4 Å². The van der Waals surface area contributed by atoms with Gasteiger partial charge in [0.25, 0.3) is 0 Å². The highest BCUT2D eigenvalue weighted by atomic mass is 32.1. The summed E-state index contributed by atoms with van der Waals surface area (Å²) in [6.07, 6.45) is 4.74. The van der Waals surface area contributed by atoms with E-state index in [0.29, 0.717) is 5.92 Å². The Bertz CT molecular complexity index is 507. The van der Waals surface area contributed by atoms with Crippen LogP contribution in [0.5, 0.6) is 0 Å². The monoisotopic (exact) mass is 263 g/mol. The van der Waals surface area contributed by atoms with Crippen molar-refractivity contribution < 1.29 is 9.90 Å². The Hall–Kier alpha value is -1.42. The second-order valence-electron chi connectivity index (χ2n) is 4.99. The van der Waals surface area contributed by atoms with Gasteiger partial charge in [-0.25, -0.2) is 4.79 Å². The molecule has 0 aromatic heterocycles. The largest absolute Gasteiger partial charge is 0.478 e. The minimum Gasteiger partial charge on any atom is -0.478 e. The average Bonchev–Trinajstić information content (AvgIpc) is 2.22. The number of carbonyl (C=O) groups is 1. The van der Waals surface area contributed by atoms with E-state index in [4.69, 9.17) is 23.1 Å². The minimum atomic E-state index is -0.930. The van der Waals surface area contributed by atoms with Crippen LogP contribution >= 0.6 is 12.2 Å². The van der Waals surface area contributed by atoms with E-state index in [2.05, 4.69) is 0 Å². The quantitative estimate of drug-likeness (QED) is 0.820. The van der Waals surface area contributed by atoms with E-state index in [9.17, 15) is 4.79 Å². The molecule has 0 amide bonds. The predicted molar refractivity (Wildman–Crippen MR) is 75.1 cm³/mol. The van der Waals surface area contributed by atoms with Crippen molar-refractivity contribution in [1.82, 2.24) is 0 Å². The number of nitrogens with two attached hydrogens (primary N) is 1. The predicted octanol–water partition coefficient (Wildman–Crippen LogP) is 2.67. The zero-order chi connectivity index (χ0) is 13.3. The van der Waals surface area contributed by atoms with Gasteiger partial charge in [-0.1, -0.05) is 37.5 Å². The van der Waals surface area contributed by atoms with Crippen LogP contribution in [0.2, 0.25) is 0 Å². The minimum absolute atomic E-state index is 0.284. The molecule has 3 nitrogen and oxygen atoms in total. The number of hydrogen-bond donors (Lipinski definition) is 2. The van der Waals surface area contributed by atoms with E-state index in [1.165, 1.54) is 19.3 Å². The van der Waals surface area contributed by atoms with Crippen molar-refractivity contribution >= 4 is 23.2 Å². The van der Waals surface area contributed by atoms with Crippen LogP contribution in [0.4, 0.5) is 0 Å². The van der Waals surface area contributed by atoms with Gasteiger partial charge in [0.15, 0.2) is 0 Å². The molecule has 4 heteroatoms. The van der Waals surface area contributed by atoms with Crippen LogP contribution in [-0.2, 0) is 6.42 Å². The van der Waals surface area contributed by atoms with Crippen LogP contribution in [0.1, 0.15) is 46.3 Å². The molecule has 0 bridgehead atoms. The van der Waals surface area contributed by atoms with Crippen LogP contribution in [0, 0.1) is 12.8 Å². The first-order valence-corrected chi connectivity index (χ1v) is 6.56. The smallest absolute Gasteiger partial charge is 0.335 e. The van der Waals surface area contributed by atoms with Crippen LogP contribution in [0.15, 0.2) is 12.1 Å². The highest BCUT2D eigenvalue weighted by Crippen LogP contribution is 2.31. The van der Waals surface area contributed by atoms with Crippen LogP contribution in [-0.4, -0.2) is 16.1 Å². The number of rotatable bonds is 4. The molecule has 1 aliphatic carbocycles. The lowest BCUT2D eigenvalue weighted by Crippen LogP contribution is -2.19. The molecular weight excluding hydrogens is 246 g/mol. The van der Waals surface area contributed by atoms with Crippen LogP contribution < -0.4 is 5.73 Å². The van der Waals surface area contributed by atoms with Crippen molar-refractivity contribution in [3.8, 4) is 0 Å². The SMILES string of the molecule is Cc1cc(CC2CCC2)c(C(N)=S)cc1C(=O)O. The molecule has 0 spiro atoms. The van der Waals surface area contributed by atoms with Gasteiger partial charge in [0, 0.05) is 5.56 Å². The number of aryl methyl sites for hydroxylation is 1. The first-order valence-electron chi connectivity index (χ1n) is 6.15. The van der Waals surface area contributed by atoms with Gasteiger partial charge in [0.05, 0.1) is 5.56 Å². The zero-order valence-corrected chi connectivity index (χ0v) is 11.2. The molecule has 1 aromatic rings. The Morgan fingerprint density at radius 2 is 2.11 bits per heavy atom. The molecule has 1 saturated carbocycles. The lowest BCUT2D eigenvalue weighted by molar-refractivity contribution is 0.0696. The fourth-order valence-electron chi connectivity index (χ4n) is 2.40. The molecule has 0 unspecified atom stereocenters. The summed E-state index contributed by atoms with van der Waals surface area (Å²) in [7, 11) is 0. The van der Waals surface area contributed by atoms with Crippen molar-refractivity contribution in [2.75, 3.05) is 0 Å². The Kier molecular flexibility index (Phi) is 3.66. The van der Waals surface area contributed by atoms with E-state index in [1.54, 1.807) is 6.07 Å². The van der Waals surface area contributed by atoms with Crippen molar-refractivity contribution in [1.29, 1.82) is 0 Å². The second-order valence-corrected chi connectivity index (χ2v) is 5.43. The van der Waals surface area contributed by atoms with E-state index >= 15 is 0 Å². The molecule has 2 rings (SSSR count). The zero-order valence-electron chi connectivity index (χ0n) is 10.4. The maximum atomic E-state index is 11.1. The molecular formula is C14H17NO2S. The topological polar surface area (TPSA) is 63.3 Å². The molecule has 0 saturated heterocycles. The molecule has 0 heterocycles. The van der Waals surface area contributed by atoms with Gasteiger partial charge in [-0.2, -0.15) is 0 Å². The van der Waals surface area contributed by atoms with Crippen LogP contribution in [0.25, 0.3) is 0 Å². The Morgan fingerprint density at radius 1 is 1.44 bits per heavy atom. The molecule has 3 N–H and O–H groups in total. The maximum absolute atomic E-state index is 11.1. The van der Waals surface area contributed by atoms with E-state index < -0.39 is 5.97 Å². The molecule has 0 radical (unpaired) electrons. The molecule has 1 aliphatic rings. The Balaban J connectivity index is 2.40. The molecule has 0 aliphatic heterocycles. The Labute approximate surface area is 112 Å². The van der Waals surface area contributed by atoms with Crippen molar-refractivity contribution in [2.24, 2.45) is 11.7 Å². The number of hydrogen-bond acceptors (Lipinski definition) is 2. The third kappa shape index (κ3) is 2.53. The molecule has 96 valence electrons. The fraction of sp³-hybridized carbons (Fsp3) is 0.429. The lowest BCUT2D eigenvalue weighted by Gasteiger charge is -2.26. The van der Waals surface area contributed by atoms with Crippen molar-refractivity contribution in [3.63, 3.8) is 0 Å². The molecule has 1 aromatic carbocycles. The van der Waals surface area contributed by atoms with Gasteiger partial charge in [-0.05, 0) is 36.5 Å². The summed E-state index contributed by atoms with van der Waals surface area (Å²) in [5, 5.41) is 9.12. The number of carboxylic acids is 1. The maximum Gasteiger partial charge on any atom is 0.335 e. The van der Waals surface area contributed by atoms with Crippen molar-refractivity contribution in [2.45, 2.75) is 32.6 Å².